The van der Waals surface area contributed by atoms with Crippen LogP contribution in [0.2, 0.25) is 0 Å². The minimum absolute atomic E-state index is 0.103. The Labute approximate surface area is 184 Å². The Morgan fingerprint density at radius 2 is 1.57 bits per heavy atom. The summed E-state index contributed by atoms with van der Waals surface area (Å²) in [5.74, 6) is 0.734. The number of benzene rings is 1. The normalized spacial score (nSPS) is 20.6. The molecule has 0 spiro atoms. The van der Waals surface area contributed by atoms with Gasteiger partial charge in [-0.25, -0.2) is 0 Å². The molecule has 162 valence electrons. The number of carbonyl (C=O) groups is 1. The van der Waals surface area contributed by atoms with E-state index in [0.29, 0.717) is 11.3 Å². The zero-order chi connectivity index (χ0) is 22.4. The zero-order valence-corrected chi connectivity index (χ0v) is 20.1. The molecule has 2 aliphatic carbocycles. The second-order valence-electron chi connectivity index (χ2n) is 10.6. The smallest absolute Gasteiger partial charge is 0.178 e. The Hall–Kier alpha value is -2.15. The maximum Gasteiger partial charge on any atom is 0.178 e. The van der Waals surface area contributed by atoms with Gasteiger partial charge < -0.3 is 0 Å². The van der Waals surface area contributed by atoms with Crippen LogP contribution in [-0.4, -0.2) is 5.78 Å². The lowest BCUT2D eigenvalue weighted by molar-refractivity contribution is -0.110. The Balaban J connectivity index is 0.000000386. The fourth-order valence-electron chi connectivity index (χ4n) is 3.73. The highest BCUT2D eigenvalue weighted by Gasteiger charge is 2.30. The van der Waals surface area contributed by atoms with E-state index in [1.165, 1.54) is 17.5 Å². The van der Waals surface area contributed by atoms with Crippen molar-refractivity contribution in [2.24, 2.45) is 16.7 Å². The van der Waals surface area contributed by atoms with Crippen molar-refractivity contribution in [1.29, 1.82) is 0 Å². The minimum atomic E-state index is 0.103. The first-order valence-corrected chi connectivity index (χ1v) is 11.4. The monoisotopic (exact) mass is 404 g/mol. The summed E-state index contributed by atoms with van der Waals surface area (Å²) >= 11 is 0. The Bertz CT molecular complexity index is 816. The third kappa shape index (κ3) is 7.59. The van der Waals surface area contributed by atoms with Gasteiger partial charge in [-0.2, -0.15) is 0 Å². The number of ketones is 1. The van der Waals surface area contributed by atoms with Crippen LogP contribution in [0.1, 0.15) is 78.9 Å². The minimum Gasteiger partial charge on any atom is -0.290 e. The molecular formula is C29H40O. The highest BCUT2D eigenvalue weighted by molar-refractivity contribution is 5.99. The van der Waals surface area contributed by atoms with Crippen LogP contribution in [0, 0.1) is 16.7 Å². The summed E-state index contributed by atoms with van der Waals surface area (Å²) in [5.41, 5.74) is 6.53. The van der Waals surface area contributed by atoms with Crippen molar-refractivity contribution < 1.29 is 4.79 Å². The summed E-state index contributed by atoms with van der Waals surface area (Å²) in [6.07, 6.45) is 16.2. The van der Waals surface area contributed by atoms with Gasteiger partial charge in [0.1, 0.15) is 0 Å². The van der Waals surface area contributed by atoms with Gasteiger partial charge in [-0.15, -0.1) is 0 Å². The molecule has 2 aliphatic rings. The SMILES string of the molecule is CCc1ccc(C=C2CC(C(C)(C)C)=CC(C(C)(C)C)C2)cc1.O=C1C=CCC=C1. The fraction of sp³-hybridized carbons (Fsp3) is 0.483. The molecule has 0 amide bonds. The van der Waals surface area contributed by atoms with E-state index in [1.54, 1.807) is 23.3 Å². The lowest BCUT2D eigenvalue weighted by atomic mass is 9.68. The standard InChI is InChI=1S/C23H34.C6H6O/c1-8-17-9-11-18(12-10-17)13-19-14-20(22(2,3)4)16-21(15-19)23(5,6)7;7-6-4-2-1-3-5-6/h9-13,16,20H,8,14-15H2,1-7H3;2-5H,1H2. The van der Waals surface area contributed by atoms with E-state index >= 15 is 0 Å². The molecule has 0 aromatic heterocycles. The van der Waals surface area contributed by atoms with Crippen LogP contribution in [0.25, 0.3) is 6.08 Å². The van der Waals surface area contributed by atoms with Gasteiger partial charge in [-0.3, -0.25) is 4.79 Å². The molecule has 30 heavy (non-hydrogen) atoms. The first-order chi connectivity index (χ1) is 14.0. The predicted molar refractivity (Wildman–Crippen MR) is 131 cm³/mol. The van der Waals surface area contributed by atoms with Crippen LogP contribution in [0.15, 0.2) is 65.8 Å². The molecule has 0 bridgehead atoms. The number of carbonyl (C=O) groups excluding carboxylic acids is 1. The lowest BCUT2D eigenvalue weighted by Crippen LogP contribution is -2.25. The van der Waals surface area contributed by atoms with Crippen molar-refractivity contribution in [2.45, 2.75) is 74.1 Å². The molecule has 0 fully saturated rings. The quantitative estimate of drug-likeness (QED) is 0.455. The van der Waals surface area contributed by atoms with Gasteiger partial charge in [0.2, 0.25) is 0 Å². The summed E-state index contributed by atoms with van der Waals surface area (Å²) in [5, 5.41) is 0. The van der Waals surface area contributed by atoms with Gasteiger partial charge in [0.05, 0.1) is 0 Å². The maximum absolute atomic E-state index is 10.3. The molecule has 1 aromatic carbocycles. The van der Waals surface area contributed by atoms with Crippen molar-refractivity contribution in [3.05, 3.63) is 76.9 Å². The molecule has 0 aliphatic heterocycles. The first-order valence-electron chi connectivity index (χ1n) is 11.4. The van der Waals surface area contributed by atoms with Gasteiger partial charge in [-0.1, -0.05) is 108 Å². The molecule has 0 radical (unpaired) electrons. The second-order valence-corrected chi connectivity index (χ2v) is 10.6. The summed E-state index contributed by atoms with van der Waals surface area (Å²) in [6, 6.07) is 9.06. The Morgan fingerprint density at radius 1 is 0.967 bits per heavy atom. The Kier molecular flexibility index (Phi) is 8.24. The van der Waals surface area contributed by atoms with E-state index in [1.807, 2.05) is 12.2 Å². The number of aryl methyl sites for hydroxylation is 1. The van der Waals surface area contributed by atoms with E-state index in [0.717, 1.165) is 19.3 Å². The molecule has 0 N–H and O–H groups in total. The lowest BCUT2D eigenvalue weighted by Gasteiger charge is -2.37. The third-order valence-corrected chi connectivity index (χ3v) is 5.97. The molecule has 1 unspecified atom stereocenters. The molecule has 0 saturated carbocycles. The highest BCUT2D eigenvalue weighted by atomic mass is 16.1. The molecule has 0 heterocycles. The fourth-order valence-corrected chi connectivity index (χ4v) is 3.73. The van der Waals surface area contributed by atoms with Crippen LogP contribution in [-0.2, 0) is 11.2 Å². The maximum atomic E-state index is 10.3. The Morgan fingerprint density at radius 3 is 2.00 bits per heavy atom. The van der Waals surface area contributed by atoms with E-state index in [4.69, 9.17) is 0 Å². The van der Waals surface area contributed by atoms with Gasteiger partial charge in [-0.05, 0) is 65.7 Å². The van der Waals surface area contributed by atoms with Crippen molar-refractivity contribution in [3.8, 4) is 0 Å². The van der Waals surface area contributed by atoms with Crippen LogP contribution >= 0.6 is 0 Å². The van der Waals surface area contributed by atoms with Crippen molar-refractivity contribution in [3.63, 3.8) is 0 Å². The predicted octanol–water partition coefficient (Wildman–Crippen LogP) is 8.13. The molecule has 1 nitrogen and oxygen atoms in total. The molecular weight excluding hydrogens is 364 g/mol. The number of hydrogen-bond acceptors (Lipinski definition) is 1. The van der Waals surface area contributed by atoms with Crippen molar-refractivity contribution in [1.82, 2.24) is 0 Å². The van der Waals surface area contributed by atoms with Gasteiger partial charge in [0, 0.05) is 0 Å². The number of hydrogen-bond donors (Lipinski definition) is 0. The van der Waals surface area contributed by atoms with Crippen molar-refractivity contribution in [2.75, 3.05) is 0 Å². The first kappa shape index (κ1) is 24.1. The number of rotatable bonds is 2. The van der Waals surface area contributed by atoms with Crippen molar-refractivity contribution >= 4 is 11.9 Å². The van der Waals surface area contributed by atoms with Crippen LogP contribution in [0.5, 0.6) is 0 Å². The van der Waals surface area contributed by atoms with Gasteiger partial charge in [0.15, 0.2) is 5.78 Å². The highest BCUT2D eigenvalue weighted by Crippen LogP contribution is 2.44. The van der Waals surface area contributed by atoms with E-state index in [-0.39, 0.29) is 11.2 Å². The van der Waals surface area contributed by atoms with Crippen LogP contribution in [0.4, 0.5) is 0 Å². The van der Waals surface area contributed by atoms with Crippen LogP contribution < -0.4 is 0 Å². The average molecular weight is 405 g/mol. The van der Waals surface area contributed by atoms with E-state index in [9.17, 15) is 4.79 Å². The van der Waals surface area contributed by atoms with Crippen LogP contribution in [0.3, 0.4) is 0 Å². The third-order valence-electron chi connectivity index (χ3n) is 5.97. The average Bonchev–Trinajstić information content (AvgIpc) is 2.68. The topological polar surface area (TPSA) is 17.1 Å². The summed E-state index contributed by atoms with van der Waals surface area (Å²) in [7, 11) is 0. The van der Waals surface area contributed by atoms with E-state index < -0.39 is 0 Å². The van der Waals surface area contributed by atoms with E-state index in [2.05, 4.69) is 84.9 Å². The zero-order valence-electron chi connectivity index (χ0n) is 20.1. The summed E-state index contributed by atoms with van der Waals surface area (Å²) in [6.45, 7) is 16.4. The second kappa shape index (κ2) is 10.2. The molecule has 1 atom stereocenters. The summed E-state index contributed by atoms with van der Waals surface area (Å²) in [4.78, 5) is 10.3. The number of allylic oxidation sites excluding steroid dienone is 7. The van der Waals surface area contributed by atoms with Gasteiger partial charge >= 0.3 is 0 Å². The molecule has 0 saturated heterocycles. The molecule has 1 aromatic rings. The van der Waals surface area contributed by atoms with Gasteiger partial charge in [0.25, 0.3) is 0 Å². The molecule has 3 rings (SSSR count). The summed E-state index contributed by atoms with van der Waals surface area (Å²) < 4.78 is 0. The largest absolute Gasteiger partial charge is 0.290 e. The molecule has 1 heteroatoms.